The molecule has 0 saturated heterocycles. The van der Waals surface area contributed by atoms with Crippen molar-refractivity contribution in [2.75, 3.05) is 25.5 Å². The summed E-state index contributed by atoms with van der Waals surface area (Å²) in [6.45, 7) is 3.31. The number of nitrogens with one attached hydrogen (secondary N) is 2. The van der Waals surface area contributed by atoms with Gasteiger partial charge in [0.2, 0.25) is 5.88 Å². The van der Waals surface area contributed by atoms with Crippen LogP contribution in [-0.4, -0.2) is 46.0 Å². The molecule has 1 aromatic carbocycles. The van der Waals surface area contributed by atoms with Gasteiger partial charge in [-0.15, -0.1) is 0 Å². The minimum absolute atomic E-state index is 0. The standard InChI is InChI=1S/C27H27FN6O2.H2S/c1-16(19-4-3-5-20-25(27(35)29-2)21(28)13-32-26(19)20)11-30-23-10-22(33-15-34-23)18-8-9-24(31-12-18)36-14-17-6-7-17;/h3-5,8-10,12-13,15-17H,6-7,11,14H2,1-2H3,(H,29,35)(H,30,33,34);1H2/t16-;/m1./s1. The highest BCUT2D eigenvalue weighted by molar-refractivity contribution is 7.59. The Hall–Kier alpha value is -3.79. The molecular formula is C27H29FN6O2S. The lowest BCUT2D eigenvalue weighted by molar-refractivity contribution is 0.0960. The summed E-state index contributed by atoms with van der Waals surface area (Å²) in [6, 6.07) is 11.1. The molecule has 5 rings (SSSR count). The molecular weight excluding hydrogens is 491 g/mol. The second-order valence-electron chi connectivity index (χ2n) is 9.01. The maximum atomic E-state index is 14.4. The fourth-order valence-corrected chi connectivity index (χ4v) is 4.06. The Morgan fingerprint density at radius 1 is 1.14 bits per heavy atom. The molecule has 3 aromatic heterocycles. The summed E-state index contributed by atoms with van der Waals surface area (Å²) in [5.74, 6) is 0.852. The molecule has 1 aliphatic carbocycles. The quantitative estimate of drug-likeness (QED) is 0.330. The summed E-state index contributed by atoms with van der Waals surface area (Å²) in [4.78, 5) is 29.7. The molecule has 3 heterocycles. The predicted molar refractivity (Wildman–Crippen MR) is 146 cm³/mol. The van der Waals surface area contributed by atoms with Gasteiger partial charge in [-0.3, -0.25) is 9.78 Å². The molecule has 1 aliphatic rings. The van der Waals surface area contributed by atoms with Gasteiger partial charge in [-0.1, -0.05) is 25.1 Å². The number of aromatic nitrogens is 4. The number of carbonyl (C=O) groups excluding carboxylic acids is 1. The number of halogens is 1. The van der Waals surface area contributed by atoms with Gasteiger partial charge in [0.25, 0.3) is 5.91 Å². The number of fused-ring (bicyclic) bond motifs is 1. The molecule has 0 bridgehead atoms. The number of rotatable bonds is 9. The van der Waals surface area contributed by atoms with E-state index in [0.717, 1.165) is 29.6 Å². The molecule has 2 N–H and O–H groups in total. The minimum Gasteiger partial charge on any atom is -0.477 e. The first kappa shape index (κ1) is 26.3. The lowest BCUT2D eigenvalue weighted by atomic mass is 9.96. The molecule has 4 aromatic rings. The molecule has 1 fully saturated rings. The van der Waals surface area contributed by atoms with Crippen LogP contribution in [0.25, 0.3) is 22.2 Å². The van der Waals surface area contributed by atoms with Gasteiger partial charge in [-0.2, -0.15) is 13.5 Å². The van der Waals surface area contributed by atoms with E-state index in [2.05, 4.69) is 30.6 Å². The van der Waals surface area contributed by atoms with Crippen LogP contribution in [0, 0.1) is 11.7 Å². The van der Waals surface area contributed by atoms with Gasteiger partial charge in [0, 0.05) is 48.8 Å². The number of nitrogens with zero attached hydrogens (tertiary/aromatic N) is 4. The number of amides is 1. The largest absolute Gasteiger partial charge is 0.477 e. The number of benzene rings is 1. The van der Waals surface area contributed by atoms with E-state index in [4.69, 9.17) is 4.74 Å². The Morgan fingerprint density at radius 2 is 1.97 bits per heavy atom. The Morgan fingerprint density at radius 3 is 2.70 bits per heavy atom. The Labute approximate surface area is 221 Å². The number of para-hydroxylation sites is 1. The number of pyridine rings is 2. The van der Waals surface area contributed by atoms with E-state index >= 15 is 0 Å². The lowest BCUT2D eigenvalue weighted by Gasteiger charge is -2.17. The van der Waals surface area contributed by atoms with Crippen molar-refractivity contribution in [3.63, 3.8) is 0 Å². The molecule has 0 unspecified atom stereocenters. The maximum absolute atomic E-state index is 14.4. The van der Waals surface area contributed by atoms with E-state index in [1.807, 2.05) is 37.3 Å². The Kier molecular flexibility index (Phi) is 8.17. The highest BCUT2D eigenvalue weighted by atomic mass is 32.1. The van der Waals surface area contributed by atoms with Crippen molar-refractivity contribution in [2.45, 2.75) is 25.7 Å². The Bertz CT molecular complexity index is 1400. The van der Waals surface area contributed by atoms with Crippen molar-refractivity contribution in [3.8, 4) is 17.1 Å². The Balaban J connectivity index is 0.00000320. The number of carbonyl (C=O) groups is 1. The maximum Gasteiger partial charge on any atom is 0.254 e. The molecule has 10 heteroatoms. The van der Waals surface area contributed by atoms with Gasteiger partial charge in [0.1, 0.15) is 12.1 Å². The third kappa shape index (κ3) is 5.96. The van der Waals surface area contributed by atoms with Gasteiger partial charge in [0.15, 0.2) is 5.82 Å². The van der Waals surface area contributed by atoms with E-state index in [9.17, 15) is 9.18 Å². The molecule has 192 valence electrons. The van der Waals surface area contributed by atoms with Crippen LogP contribution in [0.4, 0.5) is 10.2 Å². The van der Waals surface area contributed by atoms with Gasteiger partial charge in [0.05, 0.1) is 29.6 Å². The number of hydrogen-bond donors (Lipinski definition) is 2. The smallest absolute Gasteiger partial charge is 0.254 e. The summed E-state index contributed by atoms with van der Waals surface area (Å²) in [7, 11) is 1.48. The van der Waals surface area contributed by atoms with Crippen LogP contribution in [0.15, 0.2) is 55.1 Å². The first-order chi connectivity index (χ1) is 17.5. The van der Waals surface area contributed by atoms with E-state index in [-0.39, 0.29) is 25.0 Å². The fraction of sp³-hybridized carbons (Fsp3) is 0.296. The van der Waals surface area contributed by atoms with Crippen LogP contribution < -0.4 is 15.4 Å². The first-order valence-corrected chi connectivity index (χ1v) is 12.0. The monoisotopic (exact) mass is 520 g/mol. The number of ether oxygens (including phenoxy) is 1. The van der Waals surface area contributed by atoms with Crippen molar-refractivity contribution in [1.29, 1.82) is 0 Å². The van der Waals surface area contributed by atoms with Crippen LogP contribution in [0.2, 0.25) is 0 Å². The number of anilines is 1. The van der Waals surface area contributed by atoms with Crippen molar-refractivity contribution >= 4 is 36.1 Å². The average molecular weight is 521 g/mol. The minimum atomic E-state index is -0.643. The zero-order valence-electron chi connectivity index (χ0n) is 20.7. The first-order valence-electron chi connectivity index (χ1n) is 12.0. The molecule has 1 saturated carbocycles. The van der Waals surface area contributed by atoms with Crippen molar-refractivity contribution in [3.05, 3.63) is 72.1 Å². The molecule has 1 atom stereocenters. The average Bonchev–Trinajstić information content (AvgIpc) is 3.75. The summed E-state index contributed by atoms with van der Waals surface area (Å²) in [5, 5.41) is 6.34. The third-order valence-electron chi connectivity index (χ3n) is 6.32. The molecule has 0 radical (unpaired) electrons. The zero-order chi connectivity index (χ0) is 25.1. The van der Waals surface area contributed by atoms with Crippen LogP contribution >= 0.6 is 13.5 Å². The van der Waals surface area contributed by atoms with Gasteiger partial charge >= 0.3 is 0 Å². The van der Waals surface area contributed by atoms with Crippen molar-refractivity contribution in [2.24, 2.45) is 5.92 Å². The van der Waals surface area contributed by atoms with Crippen LogP contribution in [0.5, 0.6) is 5.88 Å². The topological polar surface area (TPSA) is 102 Å². The van der Waals surface area contributed by atoms with E-state index in [0.29, 0.717) is 35.1 Å². The van der Waals surface area contributed by atoms with Crippen LogP contribution in [-0.2, 0) is 0 Å². The van der Waals surface area contributed by atoms with E-state index in [1.165, 1.54) is 26.2 Å². The zero-order valence-corrected chi connectivity index (χ0v) is 21.7. The van der Waals surface area contributed by atoms with Gasteiger partial charge in [-0.05, 0) is 30.4 Å². The normalized spacial score (nSPS) is 13.5. The summed E-state index contributed by atoms with van der Waals surface area (Å²) >= 11 is 0. The second-order valence-corrected chi connectivity index (χ2v) is 9.01. The second kappa shape index (κ2) is 11.5. The molecule has 37 heavy (non-hydrogen) atoms. The van der Waals surface area contributed by atoms with Gasteiger partial charge in [-0.25, -0.2) is 19.3 Å². The fourth-order valence-electron chi connectivity index (χ4n) is 4.06. The van der Waals surface area contributed by atoms with Crippen LogP contribution in [0.3, 0.4) is 0 Å². The number of hydrogen-bond acceptors (Lipinski definition) is 7. The predicted octanol–water partition coefficient (Wildman–Crippen LogP) is 4.70. The van der Waals surface area contributed by atoms with Crippen molar-refractivity contribution in [1.82, 2.24) is 25.3 Å². The summed E-state index contributed by atoms with van der Waals surface area (Å²) < 4.78 is 20.1. The molecule has 0 spiro atoms. The lowest BCUT2D eigenvalue weighted by Crippen LogP contribution is -2.20. The summed E-state index contributed by atoms with van der Waals surface area (Å²) in [6.07, 6.45) is 6.84. The highest BCUT2D eigenvalue weighted by Gasteiger charge is 2.22. The van der Waals surface area contributed by atoms with Crippen LogP contribution in [0.1, 0.15) is 41.6 Å². The molecule has 0 aliphatic heterocycles. The van der Waals surface area contributed by atoms with Crippen molar-refractivity contribution < 1.29 is 13.9 Å². The SMILES string of the molecule is CNC(=O)c1c(F)cnc2c([C@H](C)CNc3cc(-c4ccc(OCC5CC5)nc4)ncn3)cccc12.S. The van der Waals surface area contributed by atoms with E-state index in [1.54, 1.807) is 12.3 Å². The summed E-state index contributed by atoms with van der Waals surface area (Å²) in [5.41, 5.74) is 3.13. The third-order valence-corrected chi connectivity index (χ3v) is 6.32. The highest BCUT2D eigenvalue weighted by Crippen LogP contribution is 2.30. The van der Waals surface area contributed by atoms with E-state index < -0.39 is 11.7 Å². The molecule has 1 amide bonds. The molecule has 8 nitrogen and oxygen atoms in total. The van der Waals surface area contributed by atoms with Gasteiger partial charge < -0.3 is 15.4 Å².